The van der Waals surface area contributed by atoms with E-state index < -0.39 is 5.97 Å². The first kappa shape index (κ1) is 17.3. The van der Waals surface area contributed by atoms with E-state index in [1.165, 1.54) is 14.0 Å². The van der Waals surface area contributed by atoms with Gasteiger partial charge in [0.05, 0.1) is 12.7 Å². The van der Waals surface area contributed by atoms with Crippen LogP contribution < -0.4 is 10.6 Å². The largest absolute Gasteiger partial charge is 0.465 e. The lowest BCUT2D eigenvalue weighted by Crippen LogP contribution is -2.14. The monoisotopic (exact) mass is 329 g/mol. The molecule has 0 bridgehead atoms. The lowest BCUT2D eigenvalue weighted by molar-refractivity contribution is -0.114. The number of hydrogen-bond donors (Lipinski definition) is 3. The highest BCUT2D eigenvalue weighted by atomic mass is 16.5. The molecule has 3 N–H and O–H groups in total. The second kappa shape index (κ2) is 6.99. The van der Waals surface area contributed by atoms with Crippen molar-refractivity contribution in [2.75, 3.05) is 17.7 Å². The molecule has 1 aromatic carbocycles. The van der Waals surface area contributed by atoms with Crippen molar-refractivity contribution >= 4 is 29.2 Å². The Hall–Kier alpha value is -3.09. The van der Waals surface area contributed by atoms with E-state index in [4.69, 9.17) is 4.74 Å². The van der Waals surface area contributed by atoms with Gasteiger partial charge in [-0.15, -0.1) is 0 Å². The second-order valence-electron chi connectivity index (χ2n) is 5.33. The topological polar surface area (TPSA) is 100 Å². The lowest BCUT2D eigenvalue weighted by Gasteiger charge is -2.08. The maximum Gasteiger partial charge on any atom is 0.339 e. The van der Waals surface area contributed by atoms with Gasteiger partial charge in [-0.25, -0.2) is 4.79 Å². The molecule has 0 aliphatic rings. The Balaban J connectivity index is 2.25. The Morgan fingerprint density at radius 2 is 1.71 bits per heavy atom. The number of esters is 1. The number of aromatic amines is 1. The maximum atomic E-state index is 12.5. The molecule has 7 nitrogen and oxygen atoms in total. The van der Waals surface area contributed by atoms with E-state index in [-0.39, 0.29) is 17.5 Å². The number of nitrogens with one attached hydrogen (secondary N) is 3. The average Bonchev–Trinajstić information content (AvgIpc) is 2.81. The van der Waals surface area contributed by atoms with Gasteiger partial charge in [-0.05, 0) is 37.6 Å². The van der Waals surface area contributed by atoms with Crippen LogP contribution in [0.1, 0.15) is 39.0 Å². The number of benzene rings is 1. The zero-order valence-corrected chi connectivity index (χ0v) is 13.9. The summed E-state index contributed by atoms with van der Waals surface area (Å²) in [5.41, 5.74) is 2.84. The van der Waals surface area contributed by atoms with Crippen LogP contribution in [0.4, 0.5) is 11.4 Å². The summed E-state index contributed by atoms with van der Waals surface area (Å²) in [6.07, 6.45) is 0. The normalized spacial score (nSPS) is 10.2. The maximum absolute atomic E-state index is 12.5. The number of amides is 2. The SMILES string of the molecule is COC(=O)c1c(C)[nH]c(C(=O)Nc2cccc(NC(C)=O)c2)c1C. The number of carbonyl (C=O) groups is 3. The molecule has 0 unspecified atom stereocenters. The van der Waals surface area contributed by atoms with E-state index in [2.05, 4.69) is 15.6 Å². The third-order valence-electron chi connectivity index (χ3n) is 3.49. The van der Waals surface area contributed by atoms with Gasteiger partial charge in [0, 0.05) is 24.0 Å². The standard InChI is InChI=1S/C17H19N3O4/c1-9-14(17(23)24-4)10(2)18-15(9)16(22)20-13-7-5-6-12(8-13)19-11(3)21/h5-8,18H,1-4H3,(H,19,21)(H,20,22). The highest BCUT2D eigenvalue weighted by molar-refractivity contribution is 6.07. The number of rotatable bonds is 4. The molecule has 0 saturated carbocycles. The van der Waals surface area contributed by atoms with Crippen molar-refractivity contribution in [2.45, 2.75) is 20.8 Å². The molecule has 0 aliphatic carbocycles. The molecule has 7 heteroatoms. The molecule has 0 aliphatic heterocycles. The molecular formula is C17H19N3O4. The van der Waals surface area contributed by atoms with Crippen LogP contribution in [0, 0.1) is 13.8 Å². The Morgan fingerprint density at radius 3 is 2.29 bits per heavy atom. The predicted octanol–water partition coefficient (Wildman–Crippen LogP) is 2.63. The van der Waals surface area contributed by atoms with Crippen LogP contribution >= 0.6 is 0 Å². The fraction of sp³-hybridized carbons (Fsp3) is 0.235. The summed E-state index contributed by atoms with van der Waals surface area (Å²) in [6.45, 7) is 4.79. The van der Waals surface area contributed by atoms with Gasteiger partial charge in [-0.2, -0.15) is 0 Å². The summed E-state index contributed by atoms with van der Waals surface area (Å²) in [4.78, 5) is 38.3. The van der Waals surface area contributed by atoms with Crippen molar-refractivity contribution in [1.82, 2.24) is 4.98 Å². The van der Waals surface area contributed by atoms with Crippen LogP contribution in [0.5, 0.6) is 0 Å². The van der Waals surface area contributed by atoms with Crippen molar-refractivity contribution in [3.05, 3.63) is 46.8 Å². The number of hydrogen-bond acceptors (Lipinski definition) is 4. The predicted molar refractivity (Wildman–Crippen MR) is 90.3 cm³/mol. The highest BCUT2D eigenvalue weighted by Crippen LogP contribution is 2.21. The minimum atomic E-state index is -0.493. The van der Waals surface area contributed by atoms with Gasteiger partial charge < -0.3 is 20.4 Å². The molecule has 2 aromatic rings. The Labute approximate surface area is 139 Å². The summed E-state index contributed by atoms with van der Waals surface area (Å²) < 4.78 is 4.73. The molecule has 1 aromatic heterocycles. The van der Waals surface area contributed by atoms with E-state index in [0.29, 0.717) is 28.2 Å². The Morgan fingerprint density at radius 1 is 1.08 bits per heavy atom. The minimum absolute atomic E-state index is 0.197. The number of anilines is 2. The third-order valence-corrected chi connectivity index (χ3v) is 3.49. The molecule has 0 saturated heterocycles. The molecule has 1 heterocycles. The molecule has 24 heavy (non-hydrogen) atoms. The fourth-order valence-corrected chi connectivity index (χ4v) is 2.46. The van der Waals surface area contributed by atoms with Crippen molar-refractivity contribution in [3.63, 3.8) is 0 Å². The zero-order chi connectivity index (χ0) is 17.9. The van der Waals surface area contributed by atoms with Gasteiger partial charge in [-0.1, -0.05) is 6.07 Å². The van der Waals surface area contributed by atoms with Gasteiger partial charge in [0.15, 0.2) is 0 Å². The molecule has 126 valence electrons. The summed E-state index contributed by atoms with van der Waals surface area (Å²) in [5, 5.41) is 5.38. The molecular weight excluding hydrogens is 310 g/mol. The Bertz CT molecular complexity index is 808. The summed E-state index contributed by atoms with van der Waals surface area (Å²) in [6, 6.07) is 6.78. The van der Waals surface area contributed by atoms with Gasteiger partial charge in [0.25, 0.3) is 5.91 Å². The molecule has 0 atom stereocenters. The minimum Gasteiger partial charge on any atom is -0.465 e. The number of methoxy groups -OCH3 is 1. The van der Waals surface area contributed by atoms with Gasteiger partial charge in [0.1, 0.15) is 5.69 Å². The highest BCUT2D eigenvalue weighted by Gasteiger charge is 2.22. The molecule has 0 fully saturated rings. The van der Waals surface area contributed by atoms with Crippen molar-refractivity contribution in [3.8, 4) is 0 Å². The van der Waals surface area contributed by atoms with Gasteiger partial charge in [0.2, 0.25) is 5.91 Å². The summed E-state index contributed by atoms with van der Waals surface area (Å²) >= 11 is 0. The first-order valence-electron chi connectivity index (χ1n) is 7.30. The van der Waals surface area contributed by atoms with Crippen molar-refractivity contribution in [1.29, 1.82) is 0 Å². The Kier molecular flexibility index (Phi) is 5.03. The summed E-state index contributed by atoms with van der Waals surface area (Å²) in [5.74, 6) is -1.07. The van der Waals surface area contributed by atoms with E-state index >= 15 is 0 Å². The number of aryl methyl sites for hydroxylation is 1. The van der Waals surface area contributed by atoms with E-state index in [9.17, 15) is 14.4 Å². The average molecular weight is 329 g/mol. The van der Waals surface area contributed by atoms with Crippen LogP contribution in [-0.4, -0.2) is 29.9 Å². The quantitative estimate of drug-likeness (QED) is 0.751. The number of ether oxygens (including phenoxy) is 1. The van der Waals surface area contributed by atoms with E-state index in [1.54, 1.807) is 38.1 Å². The van der Waals surface area contributed by atoms with Crippen LogP contribution in [-0.2, 0) is 9.53 Å². The molecule has 0 radical (unpaired) electrons. The number of carbonyl (C=O) groups excluding carboxylic acids is 3. The van der Waals surface area contributed by atoms with Crippen LogP contribution in [0.25, 0.3) is 0 Å². The smallest absolute Gasteiger partial charge is 0.339 e. The number of aromatic nitrogens is 1. The molecule has 2 amide bonds. The van der Waals surface area contributed by atoms with Crippen LogP contribution in [0.15, 0.2) is 24.3 Å². The van der Waals surface area contributed by atoms with Crippen LogP contribution in [0.2, 0.25) is 0 Å². The molecule has 2 rings (SSSR count). The van der Waals surface area contributed by atoms with Gasteiger partial charge >= 0.3 is 5.97 Å². The first-order valence-corrected chi connectivity index (χ1v) is 7.30. The third kappa shape index (κ3) is 3.62. The van der Waals surface area contributed by atoms with Gasteiger partial charge in [-0.3, -0.25) is 9.59 Å². The second-order valence-corrected chi connectivity index (χ2v) is 5.33. The van der Waals surface area contributed by atoms with E-state index in [0.717, 1.165) is 0 Å². The lowest BCUT2D eigenvalue weighted by atomic mass is 10.1. The van der Waals surface area contributed by atoms with Crippen molar-refractivity contribution < 1.29 is 19.1 Å². The van der Waals surface area contributed by atoms with Crippen LogP contribution in [0.3, 0.4) is 0 Å². The summed E-state index contributed by atoms with van der Waals surface area (Å²) in [7, 11) is 1.29. The molecule has 0 spiro atoms. The van der Waals surface area contributed by atoms with E-state index in [1.807, 2.05) is 0 Å². The zero-order valence-electron chi connectivity index (χ0n) is 13.9. The first-order chi connectivity index (χ1) is 11.3. The fourth-order valence-electron chi connectivity index (χ4n) is 2.46. The van der Waals surface area contributed by atoms with Crippen molar-refractivity contribution in [2.24, 2.45) is 0 Å². The number of H-pyrrole nitrogens is 1.